The van der Waals surface area contributed by atoms with Crippen LogP contribution in [0.3, 0.4) is 0 Å². The van der Waals surface area contributed by atoms with E-state index in [9.17, 15) is 9.18 Å². The van der Waals surface area contributed by atoms with Crippen LogP contribution in [-0.2, 0) is 11.2 Å². The van der Waals surface area contributed by atoms with Crippen LogP contribution in [0, 0.1) is 5.82 Å². The van der Waals surface area contributed by atoms with Crippen molar-refractivity contribution in [3.63, 3.8) is 0 Å². The number of carbonyl (C=O) groups is 1. The first kappa shape index (κ1) is 21.0. The van der Waals surface area contributed by atoms with Gasteiger partial charge in [0, 0.05) is 31.2 Å². The van der Waals surface area contributed by atoms with Crippen molar-refractivity contribution in [1.82, 2.24) is 20.1 Å². The number of hydrogen-bond donors (Lipinski definition) is 1. The molecule has 0 aliphatic carbocycles. The molecule has 0 bridgehead atoms. The van der Waals surface area contributed by atoms with Gasteiger partial charge in [-0.3, -0.25) is 9.78 Å². The Morgan fingerprint density at radius 2 is 1.97 bits per heavy atom. The molecule has 32 heavy (non-hydrogen) atoms. The van der Waals surface area contributed by atoms with Gasteiger partial charge in [0.25, 0.3) is 0 Å². The molecule has 2 aromatic carbocycles. The number of nitrogens with one attached hydrogen (secondary N) is 1. The molecule has 1 N–H and O–H groups in total. The number of ether oxygens (including phenoxy) is 1. The highest BCUT2D eigenvalue weighted by Gasteiger charge is 2.06. The number of carbonyl (C=O) groups excluding carboxylic acids is 1. The van der Waals surface area contributed by atoms with Crippen LogP contribution in [0.25, 0.3) is 11.8 Å². The lowest BCUT2D eigenvalue weighted by Gasteiger charge is -2.07. The van der Waals surface area contributed by atoms with Crippen molar-refractivity contribution < 1.29 is 13.9 Å². The van der Waals surface area contributed by atoms with Crippen LogP contribution in [0.2, 0.25) is 0 Å². The highest BCUT2D eigenvalue weighted by atomic mass is 19.1. The van der Waals surface area contributed by atoms with E-state index in [4.69, 9.17) is 4.74 Å². The van der Waals surface area contributed by atoms with Crippen molar-refractivity contribution in [2.24, 2.45) is 0 Å². The minimum atomic E-state index is -0.519. The number of nitrogens with zero attached hydrogens (tertiary/aromatic N) is 3. The monoisotopic (exact) mass is 428 g/mol. The molecule has 2 heterocycles. The summed E-state index contributed by atoms with van der Waals surface area (Å²) >= 11 is 0. The lowest BCUT2D eigenvalue weighted by molar-refractivity contribution is -0.116. The predicted molar refractivity (Wildman–Crippen MR) is 120 cm³/mol. The minimum absolute atomic E-state index is 0.0955. The lowest BCUT2D eigenvalue weighted by atomic mass is 10.1. The van der Waals surface area contributed by atoms with Crippen molar-refractivity contribution in [1.29, 1.82) is 0 Å². The summed E-state index contributed by atoms with van der Waals surface area (Å²) in [5.41, 5.74) is 2.65. The minimum Gasteiger partial charge on any atom is -0.453 e. The van der Waals surface area contributed by atoms with Gasteiger partial charge >= 0.3 is 0 Å². The third-order valence-electron chi connectivity index (χ3n) is 4.66. The molecular weight excluding hydrogens is 407 g/mol. The van der Waals surface area contributed by atoms with Crippen LogP contribution < -0.4 is 10.1 Å². The van der Waals surface area contributed by atoms with Gasteiger partial charge in [-0.1, -0.05) is 18.2 Å². The van der Waals surface area contributed by atoms with E-state index in [2.05, 4.69) is 15.4 Å². The third kappa shape index (κ3) is 5.66. The van der Waals surface area contributed by atoms with E-state index >= 15 is 0 Å². The molecule has 0 saturated heterocycles. The number of benzene rings is 2. The molecule has 7 heteroatoms. The average Bonchev–Trinajstić information content (AvgIpc) is 3.36. The van der Waals surface area contributed by atoms with Crippen LogP contribution in [0.1, 0.15) is 11.1 Å². The molecule has 0 aliphatic heterocycles. The average molecular weight is 428 g/mol. The molecule has 0 saturated carbocycles. The summed E-state index contributed by atoms with van der Waals surface area (Å²) < 4.78 is 21.5. The lowest BCUT2D eigenvalue weighted by Crippen LogP contribution is -2.23. The smallest absolute Gasteiger partial charge is 0.244 e. The zero-order valence-electron chi connectivity index (χ0n) is 17.2. The van der Waals surface area contributed by atoms with Crippen LogP contribution in [0.15, 0.2) is 91.5 Å². The van der Waals surface area contributed by atoms with Gasteiger partial charge in [0.1, 0.15) is 5.75 Å². The Labute approximate surface area is 185 Å². The number of amides is 1. The largest absolute Gasteiger partial charge is 0.453 e. The molecule has 6 nitrogen and oxygen atoms in total. The van der Waals surface area contributed by atoms with Gasteiger partial charge in [0.15, 0.2) is 11.6 Å². The highest BCUT2D eigenvalue weighted by molar-refractivity contribution is 5.91. The fraction of sp³-hybridized carbons (Fsp3) is 0.0800. The SMILES string of the molecule is O=C(/C=C/c1ccc(Oc2cccnc2)c(F)c1)NCCc1ccc(-n2cccn2)cc1. The molecule has 2 aromatic heterocycles. The molecule has 0 radical (unpaired) electrons. The summed E-state index contributed by atoms with van der Waals surface area (Å²) in [6.45, 7) is 0.497. The maximum atomic E-state index is 14.3. The molecule has 4 rings (SSSR count). The number of aromatic nitrogens is 3. The van der Waals surface area contributed by atoms with Crippen LogP contribution in [0.5, 0.6) is 11.5 Å². The topological polar surface area (TPSA) is 69.0 Å². The van der Waals surface area contributed by atoms with Crippen molar-refractivity contribution in [2.45, 2.75) is 6.42 Å². The standard InChI is InChI=1S/C25H21FN4O2/c26-23-17-20(6-10-24(23)32-22-3-1-13-27-18-22)7-11-25(31)28-15-12-19-4-8-21(9-5-19)30-16-2-14-29-30/h1-11,13-14,16-18H,12,15H2,(H,28,31)/b11-7+. The molecule has 0 spiro atoms. The zero-order valence-corrected chi connectivity index (χ0v) is 17.2. The fourth-order valence-corrected chi connectivity index (χ4v) is 3.04. The Bertz CT molecular complexity index is 1190. The maximum absolute atomic E-state index is 14.3. The summed E-state index contributed by atoms with van der Waals surface area (Å²) in [6.07, 6.45) is 10.4. The van der Waals surface area contributed by atoms with Crippen LogP contribution in [0.4, 0.5) is 4.39 Å². The maximum Gasteiger partial charge on any atom is 0.244 e. The normalized spacial score (nSPS) is 10.9. The summed E-state index contributed by atoms with van der Waals surface area (Å²) in [6, 6.07) is 17.8. The molecule has 0 atom stereocenters. The number of halogens is 1. The van der Waals surface area contributed by atoms with E-state index in [1.807, 2.05) is 36.5 Å². The fourth-order valence-electron chi connectivity index (χ4n) is 3.04. The molecule has 0 unspecified atom stereocenters. The second kappa shape index (κ2) is 10.2. The van der Waals surface area contributed by atoms with Gasteiger partial charge in [-0.05, 0) is 66.1 Å². The number of pyridine rings is 1. The highest BCUT2D eigenvalue weighted by Crippen LogP contribution is 2.24. The van der Waals surface area contributed by atoms with Crippen LogP contribution in [-0.4, -0.2) is 27.2 Å². The molecule has 4 aromatic rings. The van der Waals surface area contributed by atoms with Crippen molar-refractivity contribution in [3.8, 4) is 17.2 Å². The first-order chi connectivity index (χ1) is 15.7. The van der Waals surface area contributed by atoms with Crippen molar-refractivity contribution in [2.75, 3.05) is 6.54 Å². The first-order valence-corrected chi connectivity index (χ1v) is 10.1. The van der Waals surface area contributed by atoms with Gasteiger partial charge < -0.3 is 10.1 Å². The Kier molecular flexibility index (Phi) is 6.67. The summed E-state index contributed by atoms with van der Waals surface area (Å²) in [5, 5.41) is 7.03. The number of rotatable bonds is 8. The van der Waals surface area contributed by atoms with E-state index in [-0.39, 0.29) is 11.7 Å². The molecule has 160 valence electrons. The molecular formula is C25H21FN4O2. The van der Waals surface area contributed by atoms with Gasteiger partial charge in [0.05, 0.1) is 11.9 Å². The van der Waals surface area contributed by atoms with Crippen LogP contribution >= 0.6 is 0 Å². The quantitative estimate of drug-likeness (QED) is 0.418. The van der Waals surface area contributed by atoms with Crippen molar-refractivity contribution >= 4 is 12.0 Å². The predicted octanol–water partition coefficient (Wildman–Crippen LogP) is 4.57. The van der Waals surface area contributed by atoms with E-state index in [1.165, 1.54) is 24.4 Å². The van der Waals surface area contributed by atoms with Gasteiger partial charge in [-0.2, -0.15) is 5.10 Å². The first-order valence-electron chi connectivity index (χ1n) is 10.1. The molecule has 0 fully saturated rings. The second-order valence-corrected chi connectivity index (χ2v) is 6.97. The summed E-state index contributed by atoms with van der Waals surface area (Å²) in [5.74, 6) is -0.215. The van der Waals surface area contributed by atoms with E-state index in [1.54, 1.807) is 41.4 Å². The Morgan fingerprint density at radius 3 is 2.69 bits per heavy atom. The van der Waals surface area contributed by atoms with E-state index in [0.717, 1.165) is 11.3 Å². The van der Waals surface area contributed by atoms with E-state index in [0.29, 0.717) is 24.3 Å². The molecule has 0 aliphatic rings. The zero-order chi connectivity index (χ0) is 22.2. The van der Waals surface area contributed by atoms with Crippen molar-refractivity contribution in [3.05, 3.63) is 108 Å². The van der Waals surface area contributed by atoms with Gasteiger partial charge in [0.2, 0.25) is 5.91 Å². The van der Waals surface area contributed by atoms with Gasteiger partial charge in [-0.15, -0.1) is 0 Å². The molecule has 1 amide bonds. The Balaban J connectivity index is 1.25. The Hall–Kier alpha value is -4.26. The second-order valence-electron chi connectivity index (χ2n) is 6.97. The van der Waals surface area contributed by atoms with E-state index < -0.39 is 5.82 Å². The third-order valence-corrected chi connectivity index (χ3v) is 4.66. The number of hydrogen-bond acceptors (Lipinski definition) is 4. The Morgan fingerprint density at radius 1 is 1.09 bits per heavy atom. The van der Waals surface area contributed by atoms with Gasteiger partial charge in [-0.25, -0.2) is 9.07 Å². The summed E-state index contributed by atoms with van der Waals surface area (Å²) in [7, 11) is 0. The summed E-state index contributed by atoms with van der Waals surface area (Å²) in [4.78, 5) is 16.0.